The molecule has 0 unspecified atom stereocenters. The van der Waals surface area contributed by atoms with Gasteiger partial charge in [0.2, 0.25) is 0 Å². The molecule has 0 atom stereocenters. The molecule has 5 nitrogen and oxygen atoms in total. The van der Waals surface area contributed by atoms with Gasteiger partial charge >= 0.3 is 0 Å². The fourth-order valence-corrected chi connectivity index (χ4v) is 4.48. The van der Waals surface area contributed by atoms with Gasteiger partial charge in [0.25, 0.3) is 5.91 Å². The highest BCUT2D eigenvalue weighted by Crippen LogP contribution is 2.20. The van der Waals surface area contributed by atoms with Crippen molar-refractivity contribution in [3.63, 3.8) is 0 Å². The van der Waals surface area contributed by atoms with Crippen LogP contribution in [0.5, 0.6) is 0 Å². The molecule has 0 aliphatic carbocycles. The molecule has 1 aromatic heterocycles. The Kier molecular flexibility index (Phi) is 6.44. The number of hydrogen-bond donors (Lipinski definition) is 1. The van der Waals surface area contributed by atoms with E-state index in [1.807, 2.05) is 0 Å². The van der Waals surface area contributed by atoms with Crippen LogP contribution in [0.3, 0.4) is 0 Å². The summed E-state index contributed by atoms with van der Waals surface area (Å²) in [5, 5.41) is 3.79. The zero-order valence-electron chi connectivity index (χ0n) is 14.7. The number of carbonyl (C=O) groups is 1. The van der Waals surface area contributed by atoms with Crippen LogP contribution in [0.4, 0.5) is 0 Å². The highest BCUT2D eigenvalue weighted by Gasteiger charge is 2.19. The van der Waals surface area contributed by atoms with Gasteiger partial charge in [-0.2, -0.15) is 0 Å². The molecule has 0 saturated heterocycles. The molecule has 0 aliphatic rings. The fourth-order valence-electron chi connectivity index (χ4n) is 2.64. The summed E-state index contributed by atoms with van der Waals surface area (Å²) in [4.78, 5) is 12.4. The summed E-state index contributed by atoms with van der Waals surface area (Å²) in [7, 11) is -3.54. The molecule has 2 aromatic carbocycles. The Balaban J connectivity index is 1.58. The second-order valence-electron chi connectivity index (χ2n) is 6.12. The van der Waals surface area contributed by atoms with Crippen LogP contribution in [0.25, 0.3) is 0 Å². The van der Waals surface area contributed by atoms with Gasteiger partial charge in [0.1, 0.15) is 11.5 Å². The van der Waals surface area contributed by atoms with Crippen molar-refractivity contribution in [2.75, 3.05) is 6.54 Å². The standard InChI is InChI=1S/C20H17Cl2NO4S/c21-15-10-14(11-16(22)12-15)8-9-23-20(24)19-7-6-17(27-19)13-28(25,26)18-4-2-1-3-5-18/h1-7,10-12H,8-9,13H2,(H,23,24). The van der Waals surface area contributed by atoms with Crippen molar-refractivity contribution >= 4 is 38.9 Å². The molecule has 0 fully saturated rings. The minimum absolute atomic E-state index is 0.0578. The van der Waals surface area contributed by atoms with Crippen LogP contribution < -0.4 is 5.32 Å². The third-order valence-corrected chi connectivity index (χ3v) is 6.03. The Hall–Kier alpha value is -2.28. The zero-order chi connectivity index (χ0) is 20.1. The average Bonchev–Trinajstić information content (AvgIpc) is 3.09. The lowest BCUT2D eigenvalue weighted by Gasteiger charge is -2.05. The molecule has 0 bridgehead atoms. The van der Waals surface area contributed by atoms with Gasteiger partial charge in [0, 0.05) is 16.6 Å². The number of halogens is 2. The quantitative estimate of drug-likeness (QED) is 0.588. The molecule has 0 saturated carbocycles. The molecule has 8 heteroatoms. The van der Waals surface area contributed by atoms with Crippen LogP contribution in [0, 0.1) is 0 Å². The third-order valence-electron chi connectivity index (χ3n) is 3.94. The van der Waals surface area contributed by atoms with E-state index >= 15 is 0 Å². The molecule has 1 N–H and O–H groups in total. The van der Waals surface area contributed by atoms with E-state index in [4.69, 9.17) is 27.6 Å². The summed E-state index contributed by atoms with van der Waals surface area (Å²) in [5.41, 5.74) is 0.895. The van der Waals surface area contributed by atoms with Gasteiger partial charge in [-0.3, -0.25) is 4.79 Å². The largest absolute Gasteiger partial charge is 0.455 e. The van der Waals surface area contributed by atoms with Gasteiger partial charge in [-0.1, -0.05) is 41.4 Å². The van der Waals surface area contributed by atoms with Gasteiger partial charge < -0.3 is 9.73 Å². The molecule has 0 spiro atoms. The van der Waals surface area contributed by atoms with E-state index in [9.17, 15) is 13.2 Å². The average molecular weight is 438 g/mol. The Morgan fingerprint density at radius 2 is 1.64 bits per heavy atom. The maximum atomic E-state index is 12.4. The Morgan fingerprint density at radius 3 is 2.32 bits per heavy atom. The second-order valence-corrected chi connectivity index (χ2v) is 8.98. The van der Waals surface area contributed by atoms with Crippen LogP contribution in [-0.2, 0) is 22.0 Å². The Morgan fingerprint density at radius 1 is 0.964 bits per heavy atom. The first-order valence-electron chi connectivity index (χ1n) is 8.43. The predicted molar refractivity (Wildman–Crippen MR) is 109 cm³/mol. The van der Waals surface area contributed by atoms with Crippen molar-refractivity contribution in [2.45, 2.75) is 17.1 Å². The maximum absolute atomic E-state index is 12.4. The summed E-state index contributed by atoms with van der Waals surface area (Å²) >= 11 is 11.9. The highest BCUT2D eigenvalue weighted by molar-refractivity contribution is 7.90. The third kappa shape index (κ3) is 5.38. The molecule has 3 rings (SSSR count). The van der Waals surface area contributed by atoms with Crippen LogP contribution in [-0.4, -0.2) is 20.9 Å². The SMILES string of the molecule is O=C(NCCc1cc(Cl)cc(Cl)c1)c1ccc(CS(=O)(=O)c2ccccc2)o1. The number of furan rings is 1. The number of carbonyl (C=O) groups excluding carboxylic acids is 1. The maximum Gasteiger partial charge on any atom is 0.287 e. The smallest absolute Gasteiger partial charge is 0.287 e. The van der Waals surface area contributed by atoms with Gasteiger partial charge in [-0.15, -0.1) is 0 Å². The topological polar surface area (TPSA) is 76.4 Å². The van der Waals surface area contributed by atoms with Gasteiger partial charge in [-0.25, -0.2) is 8.42 Å². The molecule has 28 heavy (non-hydrogen) atoms. The van der Waals surface area contributed by atoms with E-state index in [1.54, 1.807) is 36.4 Å². The first-order valence-corrected chi connectivity index (χ1v) is 10.8. The van der Waals surface area contributed by atoms with E-state index in [0.717, 1.165) is 5.56 Å². The lowest BCUT2D eigenvalue weighted by Crippen LogP contribution is -2.25. The van der Waals surface area contributed by atoms with Crippen molar-refractivity contribution in [3.8, 4) is 0 Å². The van der Waals surface area contributed by atoms with Crippen LogP contribution in [0.15, 0.2) is 70.0 Å². The lowest BCUT2D eigenvalue weighted by atomic mass is 10.1. The summed E-state index contributed by atoms with van der Waals surface area (Å²) < 4.78 is 30.2. The molecule has 1 heterocycles. The number of hydrogen-bond acceptors (Lipinski definition) is 4. The van der Waals surface area contributed by atoms with Crippen LogP contribution >= 0.6 is 23.2 Å². The van der Waals surface area contributed by atoms with Gasteiger partial charge in [-0.05, 0) is 54.4 Å². The fraction of sp³-hybridized carbons (Fsp3) is 0.150. The van der Waals surface area contributed by atoms with Crippen molar-refractivity contribution < 1.29 is 17.6 Å². The zero-order valence-corrected chi connectivity index (χ0v) is 17.0. The Labute approximate surface area is 173 Å². The lowest BCUT2D eigenvalue weighted by molar-refractivity contribution is 0.0925. The minimum atomic E-state index is -3.54. The summed E-state index contributed by atoms with van der Waals surface area (Å²) in [5.74, 6) is -0.472. The first-order chi connectivity index (χ1) is 13.3. The summed E-state index contributed by atoms with van der Waals surface area (Å²) in [6, 6.07) is 16.2. The normalized spacial score (nSPS) is 11.4. The molecule has 146 valence electrons. The van der Waals surface area contributed by atoms with Gasteiger partial charge in [0.15, 0.2) is 15.6 Å². The van der Waals surface area contributed by atoms with E-state index < -0.39 is 15.7 Å². The number of sulfone groups is 1. The summed E-state index contributed by atoms with van der Waals surface area (Å²) in [6.45, 7) is 0.355. The Bertz CT molecular complexity index is 1060. The number of nitrogens with one attached hydrogen (secondary N) is 1. The van der Waals surface area contributed by atoms with Crippen molar-refractivity contribution in [2.24, 2.45) is 0 Å². The van der Waals surface area contributed by atoms with Crippen molar-refractivity contribution in [1.29, 1.82) is 0 Å². The highest BCUT2D eigenvalue weighted by atomic mass is 35.5. The van der Waals surface area contributed by atoms with E-state index in [1.165, 1.54) is 24.3 Å². The van der Waals surface area contributed by atoms with Crippen LogP contribution in [0.1, 0.15) is 21.9 Å². The molecule has 0 radical (unpaired) electrons. The summed E-state index contributed by atoms with van der Waals surface area (Å²) in [6.07, 6.45) is 0.544. The first kappa shape index (κ1) is 20.5. The molecule has 0 aliphatic heterocycles. The monoisotopic (exact) mass is 437 g/mol. The number of rotatable bonds is 7. The molecule has 1 amide bonds. The number of benzene rings is 2. The van der Waals surface area contributed by atoms with Crippen molar-refractivity contribution in [3.05, 3.63) is 87.8 Å². The second kappa shape index (κ2) is 8.82. The van der Waals surface area contributed by atoms with E-state index in [-0.39, 0.29) is 22.2 Å². The molecular formula is C20H17Cl2NO4S. The predicted octanol–water partition coefficient (Wildman–Crippen LogP) is 4.53. The van der Waals surface area contributed by atoms with Gasteiger partial charge in [0.05, 0.1) is 4.90 Å². The number of amides is 1. The van der Waals surface area contributed by atoms with Crippen molar-refractivity contribution in [1.82, 2.24) is 5.32 Å². The van der Waals surface area contributed by atoms with E-state index in [0.29, 0.717) is 23.0 Å². The minimum Gasteiger partial charge on any atom is -0.455 e. The molecular weight excluding hydrogens is 421 g/mol. The molecule has 3 aromatic rings. The van der Waals surface area contributed by atoms with E-state index in [2.05, 4.69) is 5.32 Å². The van der Waals surface area contributed by atoms with Crippen LogP contribution in [0.2, 0.25) is 10.0 Å².